The van der Waals surface area contributed by atoms with Gasteiger partial charge in [-0.25, -0.2) is 4.98 Å². The van der Waals surface area contributed by atoms with Gasteiger partial charge in [0.25, 0.3) is 5.56 Å². The van der Waals surface area contributed by atoms with Crippen LogP contribution in [0.1, 0.15) is 18.8 Å². The molecule has 0 spiro atoms. The Kier molecular flexibility index (Phi) is 4.83. The molecule has 0 unspecified atom stereocenters. The molecule has 2 aromatic heterocycles. The van der Waals surface area contributed by atoms with Gasteiger partial charge < -0.3 is 10.2 Å². The van der Waals surface area contributed by atoms with Crippen LogP contribution in [0.2, 0.25) is 5.02 Å². The minimum absolute atomic E-state index is 0.226. The summed E-state index contributed by atoms with van der Waals surface area (Å²) in [7, 11) is 1.95. The number of pyridine rings is 1. The first-order valence-corrected chi connectivity index (χ1v) is 9.22. The fraction of sp³-hybridized carbons (Fsp3) is 0.200. The summed E-state index contributed by atoms with van der Waals surface area (Å²) in [6, 6.07) is 8.62. The Morgan fingerprint density at radius 1 is 1.25 bits per heavy atom. The van der Waals surface area contributed by atoms with Gasteiger partial charge in [0.15, 0.2) is 0 Å². The molecule has 1 aliphatic heterocycles. The Morgan fingerprint density at radius 2 is 2.11 bits per heavy atom. The van der Waals surface area contributed by atoms with Crippen molar-refractivity contribution in [2.45, 2.75) is 13.0 Å². The van der Waals surface area contributed by atoms with E-state index in [9.17, 15) is 4.79 Å². The number of nitrogens with zero attached hydrogens (tertiary/aromatic N) is 5. The summed E-state index contributed by atoms with van der Waals surface area (Å²) in [5, 5.41) is 4.15. The second-order valence-electron chi connectivity index (χ2n) is 6.62. The molecule has 1 aliphatic rings. The number of fused-ring (bicyclic) bond motifs is 1. The molecule has 0 radical (unpaired) electrons. The molecule has 0 saturated heterocycles. The molecule has 0 amide bonds. The van der Waals surface area contributed by atoms with Crippen molar-refractivity contribution in [1.29, 1.82) is 0 Å². The minimum atomic E-state index is -0.263. The zero-order valence-electron chi connectivity index (χ0n) is 15.5. The van der Waals surface area contributed by atoms with Crippen molar-refractivity contribution in [1.82, 2.24) is 24.8 Å². The predicted octanol–water partition coefficient (Wildman–Crippen LogP) is 2.90. The van der Waals surface area contributed by atoms with Crippen molar-refractivity contribution >= 4 is 28.7 Å². The molecular weight excluding hydrogens is 376 g/mol. The second-order valence-corrected chi connectivity index (χ2v) is 7.02. The lowest BCUT2D eigenvalue weighted by Crippen LogP contribution is -2.31. The van der Waals surface area contributed by atoms with Crippen LogP contribution in [0.25, 0.3) is 16.6 Å². The van der Waals surface area contributed by atoms with Gasteiger partial charge in [-0.05, 0) is 31.2 Å². The highest BCUT2D eigenvalue weighted by atomic mass is 35.5. The number of nitrogens with one attached hydrogen (secondary N) is 1. The average Bonchev–Trinajstić information content (AvgIpc) is 2.68. The molecule has 1 aromatic carbocycles. The Bertz CT molecular complexity index is 1140. The van der Waals surface area contributed by atoms with Crippen LogP contribution in [0, 0.1) is 0 Å². The van der Waals surface area contributed by atoms with Crippen LogP contribution < -0.4 is 10.9 Å². The number of aromatic nitrogens is 3. The average molecular weight is 395 g/mol. The first-order chi connectivity index (χ1) is 13.5. The van der Waals surface area contributed by atoms with Crippen molar-refractivity contribution in [2.24, 2.45) is 4.99 Å². The van der Waals surface area contributed by atoms with E-state index in [1.54, 1.807) is 47.4 Å². The van der Waals surface area contributed by atoms with Crippen LogP contribution in [-0.4, -0.2) is 39.4 Å². The van der Waals surface area contributed by atoms with Gasteiger partial charge in [-0.15, -0.1) is 0 Å². The number of hydrogen-bond donors (Lipinski definition) is 1. The van der Waals surface area contributed by atoms with E-state index in [1.165, 1.54) is 0 Å². The summed E-state index contributed by atoms with van der Waals surface area (Å²) in [5.74, 6) is 0.565. The molecule has 3 aromatic rings. The minimum Gasteiger partial charge on any atom is -0.373 e. The third-order valence-corrected chi connectivity index (χ3v) is 4.76. The van der Waals surface area contributed by atoms with Crippen molar-refractivity contribution in [3.05, 3.63) is 75.8 Å². The summed E-state index contributed by atoms with van der Waals surface area (Å²) in [4.78, 5) is 28.5. The van der Waals surface area contributed by atoms with Gasteiger partial charge in [0.2, 0.25) is 0 Å². The Balaban J connectivity index is 1.89. The van der Waals surface area contributed by atoms with Crippen molar-refractivity contribution in [2.75, 3.05) is 13.7 Å². The highest BCUT2D eigenvalue weighted by Gasteiger charge is 2.20. The fourth-order valence-electron chi connectivity index (χ4n) is 3.20. The molecule has 28 heavy (non-hydrogen) atoms. The van der Waals surface area contributed by atoms with E-state index in [-0.39, 0.29) is 11.6 Å². The quantitative estimate of drug-likeness (QED) is 0.736. The number of halogens is 1. The molecule has 0 fully saturated rings. The third kappa shape index (κ3) is 3.36. The lowest BCUT2D eigenvalue weighted by Gasteiger charge is -2.23. The molecule has 3 heterocycles. The smallest absolute Gasteiger partial charge is 0.267 e. The summed E-state index contributed by atoms with van der Waals surface area (Å²) >= 11 is 6.31. The summed E-state index contributed by atoms with van der Waals surface area (Å²) in [6.45, 7) is 2.57. The maximum Gasteiger partial charge on any atom is 0.267 e. The topological polar surface area (TPSA) is 75.4 Å². The fourth-order valence-corrected chi connectivity index (χ4v) is 3.45. The van der Waals surface area contributed by atoms with Gasteiger partial charge in [-0.1, -0.05) is 17.7 Å². The molecule has 0 aliphatic carbocycles. The molecule has 0 saturated carbocycles. The third-order valence-electron chi connectivity index (χ3n) is 4.44. The standard InChI is InChI=1S/C20H19ClN6O/c1-13(24-14-9-23-12-26(2)11-14)19-25-17-7-3-6-16(21)18(17)20(28)27(19)15-5-4-8-22-10-15/h3-11,13,24H,12H2,1-2H3/t13-/m0/s1. The number of rotatable bonds is 4. The van der Waals surface area contributed by atoms with Crippen LogP contribution in [0.15, 0.2) is 64.4 Å². The summed E-state index contributed by atoms with van der Waals surface area (Å²) < 4.78 is 1.56. The summed E-state index contributed by atoms with van der Waals surface area (Å²) in [5.41, 5.74) is 1.81. The monoisotopic (exact) mass is 394 g/mol. The van der Waals surface area contributed by atoms with Gasteiger partial charge >= 0.3 is 0 Å². The van der Waals surface area contributed by atoms with Crippen LogP contribution in [-0.2, 0) is 0 Å². The molecule has 4 rings (SSSR count). The van der Waals surface area contributed by atoms with E-state index in [4.69, 9.17) is 16.6 Å². The van der Waals surface area contributed by atoms with E-state index in [2.05, 4.69) is 15.3 Å². The number of aliphatic imine (C=N–C) groups is 1. The number of hydrogen-bond acceptors (Lipinski definition) is 6. The van der Waals surface area contributed by atoms with E-state index in [0.717, 1.165) is 5.70 Å². The van der Waals surface area contributed by atoms with Crippen molar-refractivity contribution in [3.63, 3.8) is 0 Å². The van der Waals surface area contributed by atoms with Gasteiger partial charge in [-0.2, -0.15) is 0 Å². The molecule has 142 valence electrons. The number of allylic oxidation sites excluding steroid dienone is 1. The largest absolute Gasteiger partial charge is 0.373 e. The van der Waals surface area contributed by atoms with Gasteiger partial charge in [0.1, 0.15) is 12.5 Å². The molecule has 8 heteroatoms. The SMILES string of the molecule is C[C@H](NC1=CN(C)CN=C1)c1nc2cccc(Cl)c2c(=O)n1-c1cccnc1. The van der Waals surface area contributed by atoms with Crippen LogP contribution in [0.5, 0.6) is 0 Å². The lowest BCUT2D eigenvalue weighted by molar-refractivity contribution is 0.457. The van der Waals surface area contributed by atoms with E-state index in [1.807, 2.05) is 31.1 Å². The van der Waals surface area contributed by atoms with Crippen molar-refractivity contribution < 1.29 is 0 Å². The molecule has 1 N–H and O–H groups in total. The first-order valence-electron chi connectivity index (χ1n) is 8.84. The summed E-state index contributed by atoms with van der Waals surface area (Å²) in [6.07, 6.45) is 7.04. The van der Waals surface area contributed by atoms with Crippen LogP contribution in [0.4, 0.5) is 0 Å². The zero-order chi connectivity index (χ0) is 19.7. The van der Waals surface area contributed by atoms with Gasteiger partial charge in [-0.3, -0.25) is 19.3 Å². The Hall–Kier alpha value is -3.19. The highest BCUT2D eigenvalue weighted by molar-refractivity contribution is 6.35. The van der Waals surface area contributed by atoms with E-state index in [0.29, 0.717) is 34.1 Å². The van der Waals surface area contributed by atoms with E-state index >= 15 is 0 Å². The zero-order valence-corrected chi connectivity index (χ0v) is 16.3. The van der Waals surface area contributed by atoms with E-state index < -0.39 is 0 Å². The maximum atomic E-state index is 13.4. The molecule has 1 atom stereocenters. The van der Waals surface area contributed by atoms with Gasteiger partial charge in [0.05, 0.1) is 39.5 Å². The van der Waals surface area contributed by atoms with Crippen LogP contribution in [0.3, 0.4) is 0 Å². The molecule has 0 bridgehead atoms. The van der Waals surface area contributed by atoms with Gasteiger partial charge in [0, 0.05) is 25.7 Å². The number of benzene rings is 1. The predicted molar refractivity (Wildman–Crippen MR) is 111 cm³/mol. The Labute approximate surface area is 167 Å². The maximum absolute atomic E-state index is 13.4. The Morgan fingerprint density at radius 3 is 2.86 bits per heavy atom. The molecular formula is C20H19ClN6O. The van der Waals surface area contributed by atoms with Crippen molar-refractivity contribution in [3.8, 4) is 5.69 Å². The highest BCUT2D eigenvalue weighted by Crippen LogP contribution is 2.23. The van der Waals surface area contributed by atoms with Crippen LogP contribution >= 0.6 is 11.6 Å². The first kappa shape index (κ1) is 18.2. The molecule has 7 nitrogen and oxygen atoms in total. The normalized spacial score (nSPS) is 14.8. The lowest BCUT2D eigenvalue weighted by atomic mass is 10.2. The second kappa shape index (κ2) is 7.44.